The molecule has 0 radical (unpaired) electrons. The monoisotopic (exact) mass is 254 g/mol. The van der Waals surface area contributed by atoms with Gasteiger partial charge in [-0.1, -0.05) is 12.1 Å². The highest BCUT2D eigenvalue weighted by atomic mass is 35.5. The number of fused-ring (bicyclic) bond motifs is 1. The molecule has 2 nitrogen and oxygen atoms in total. The molecule has 0 atom stereocenters. The molecule has 3 rings (SSSR count). The van der Waals surface area contributed by atoms with Gasteiger partial charge in [0.25, 0.3) is 0 Å². The van der Waals surface area contributed by atoms with Crippen molar-refractivity contribution in [3.63, 3.8) is 0 Å². The van der Waals surface area contributed by atoms with Crippen LogP contribution in [-0.4, -0.2) is 17.7 Å². The summed E-state index contributed by atoms with van der Waals surface area (Å²) >= 11 is 0. The van der Waals surface area contributed by atoms with Crippen LogP contribution in [0.15, 0.2) is 30.5 Å². The lowest BCUT2D eigenvalue weighted by molar-refractivity contribution is 0.374. The second-order valence-electron chi connectivity index (χ2n) is 4.38. The third-order valence-corrected chi connectivity index (χ3v) is 3.39. The molecule has 0 amide bonds. The van der Waals surface area contributed by atoms with Gasteiger partial charge in [-0.2, -0.15) is 0 Å². The molecule has 1 aliphatic heterocycles. The SMILES string of the molecule is Cl.Fc1cn(C2CCNCC2)c2ccccc12. The molecule has 0 bridgehead atoms. The van der Waals surface area contributed by atoms with E-state index in [1.54, 1.807) is 6.20 Å². The topological polar surface area (TPSA) is 17.0 Å². The molecule has 1 N–H and O–H groups in total. The van der Waals surface area contributed by atoms with Crippen LogP contribution in [0, 0.1) is 5.82 Å². The zero-order chi connectivity index (χ0) is 11.0. The van der Waals surface area contributed by atoms with Crippen molar-refractivity contribution in [1.29, 1.82) is 0 Å². The van der Waals surface area contributed by atoms with Gasteiger partial charge >= 0.3 is 0 Å². The molecule has 1 aromatic heterocycles. The summed E-state index contributed by atoms with van der Waals surface area (Å²) in [6.45, 7) is 2.05. The van der Waals surface area contributed by atoms with Gasteiger partial charge in [0.05, 0.1) is 5.52 Å². The lowest BCUT2D eigenvalue weighted by Gasteiger charge is -2.24. The van der Waals surface area contributed by atoms with Crippen molar-refractivity contribution in [2.24, 2.45) is 0 Å². The maximum atomic E-state index is 13.7. The molecule has 1 aromatic carbocycles. The summed E-state index contributed by atoms with van der Waals surface area (Å²) in [4.78, 5) is 0. The van der Waals surface area contributed by atoms with Crippen LogP contribution in [0.3, 0.4) is 0 Å². The van der Waals surface area contributed by atoms with Gasteiger partial charge in [0, 0.05) is 17.6 Å². The minimum absolute atomic E-state index is 0. The Labute approximate surface area is 106 Å². The van der Waals surface area contributed by atoms with E-state index >= 15 is 0 Å². The minimum Gasteiger partial charge on any atom is -0.341 e. The highest BCUT2D eigenvalue weighted by molar-refractivity contribution is 5.85. The predicted molar refractivity (Wildman–Crippen MR) is 70.3 cm³/mol. The van der Waals surface area contributed by atoms with Crippen LogP contribution in [0.1, 0.15) is 18.9 Å². The van der Waals surface area contributed by atoms with E-state index in [9.17, 15) is 4.39 Å². The Morgan fingerprint density at radius 3 is 2.65 bits per heavy atom. The summed E-state index contributed by atoms with van der Waals surface area (Å²) in [6, 6.07) is 8.15. The lowest BCUT2D eigenvalue weighted by Crippen LogP contribution is -2.29. The number of aromatic nitrogens is 1. The molecule has 2 aromatic rings. The fourth-order valence-corrected chi connectivity index (χ4v) is 2.55. The maximum Gasteiger partial charge on any atom is 0.148 e. The van der Waals surface area contributed by atoms with Gasteiger partial charge in [0.15, 0.2) is 0 Å². The second-order valence-corrected chi connectivity index (χ2v) is 4.38. The standard InChI is InChI=1S/C13H15FN2.ClH/c14-12-9-16(10-5-7-15-8-6-10)13-4-2-1-3-11(12)13;/h1-4,9-10,15H,5-8H2;1H. The number of halogens is 2. The second kappa shape index (κ2) is 5.07. The normalized spacial score (nSPS) is 17.0. The Morgan fingerprint density at radius 2 is 1.88 bits per heavy atom. The Morgan fingerprint density at radius 1 is 1.18 bits per heavy atom. The lowest BCUT2D eigenvalue weighted by atomic mass is 10.1. The Balaban J connectivity index is 0.00000108. The molecule has 2 heterocycles. The van der Waals surface area contributed by atoms with Crippen molar-refractivity contribution in [1.82, 2.24) is 9.88 Å². The van der Waals surface area contributed by atoms with Crippen LogP contribution < -0.4 is 5.32 Å². The van der Waals surface area contributed by atoms with Crippen LogP contribution in [-0.2, 0) is 0 Å². The zero-order valence-corrected chi connectivity index (χ0v) is 10.3. The number of nitrogens with zero attached hydrogens (tertiary/aromatic N) is 1. The Hall–Kier alpha value is -1.06. The molecule has 0 aliphatic carbocycles. The first-order valence-electron chi connectivity index (χ1n) is 5.82. The maximum absolute atomic E-state index is 13.7. The van der Waals surface area contributed by atoms with E-state index in [0.717, 1.165) is 36.8 Å². The van der Waals surface area contributed by atoms with Crippen LogP contribution in [0.2, 0.25) is 0 Å². The van der Waals surface area contributed by atoms with Crippen molar-refractivity contribution < 1.29 is 4.39 Å². The fraction of sp³-hybridized carbons (Fsp3) is 0.385. The van der Waals surface area contributed by atoms with Crippen LogP contribution >= 0.6 is 12.4 Å². The summed E-state index contributed by atoms with van der Waals surface area (Å²) in [6.07, 6.45) is 3.82. The van der Waals surface area contributed by atoms with Crippen LogP contribution in [0.4, 0.5) is 4.39 Å². The molecular weight excluding hydrogens is 239 g/mol. The third-order valence-electron chi connectivity index (χ3n) is 3.39. The highest BCUT2D eigenvalue weighted by Crippen LogP contribution is 2.27. The van der Waals surface area contributed by atoms with Gasteiger partial charge in [0.1, 0.15) is 5.82 Å². The summed E-state index contributed by atoms with van der Waals surface area (Å²) in [5.41, 5.74) is 1.02. The van der Waals surface area contributed by atoms with E-state index in [-0.39, 0.29) is 18.2 Å². The average molecular weight is 255 g/mol. The number of nitrogens with one attached hydrogen (secondary N) is 1. The van der Waals surface area contributed by atoms with Crippen molar-refractivity contribution >= 4 is 23.3 Å². The predicted octanol–water partition coefficient (Wildman–Crippen LogP) is 3.13. The van der Waals surface area contributed by atoms with Gasteiger partial charge in [-0.05, 0) is 38.1 Å². The smallest absolute Gasteiger partial charge is 0.148 e. The molecule has 0 spiro atoms. The van der Waals surface area contributed by atoms with E-state index in [4.69, 9.17) is 0 Å². The molecule has 17 heavy (non-hydrogen) atoms. The van der Waals surface area contributed by atoms with E-state index in [1.807, 2.05) is 24.3 Å². The van der Waals surface area contributed by atoms with Crippen molar-refractivity contribution in [2.45, 2.75) is 18.9 Å². The van der Waals surface area contributed by atoms with E-state index < -0.39 is 0 Å². The first kappa shape index (κ1) is 12.4. The zero-order valence-electron chi connectivity index (χ0n) is 9.53. The Kier molecular flexibility index (Phi) is 3.69. The van der Waals surface area contributed by atoms with E-state index in [0.29, 0.717) is 6.04 Å². The summed E-state index contributed by atoms with van der Waals surface area (Å²) in [7, 11) is 0. The van der Waals surface area contributed by atoms with E-state index in [1.165, 1.54) is 0 Å². The first-order chi connectivity index (χ1) is 7.86. The molecule has 1 saturated heterocycles. The van der Waals surface area contributed by atoms with Crippen molar-refractivity contribution in [3.05, 3.63) is 36.3 Å². The van der Waals surface area contributed by atoms with Crippen molar-refractivity contribution in [3.8, 4) is 0 Å². The number of piperidine rings is 1. The molecule has 0 saturated carbocycles. The number of rotatable bonds is 1. The molecule has 1 fully saturated rings. The number of hydrogen-bond acceptors (Lipinski definition) is 1. The number of hydrogen-bond donors (Lipinski definition) is 1. The quantitative estimate of drug-likeness (QED) is 0.827. The van der Waals surface area contributed by atoms with Gasteiger partial charge in [0.2, 0.25) is 0 Å². The minimum atomic E-state index is -0.103. The third kappa shape index (κ3) is 2.17. The molecule has 4 heteroatoms. The van der Waals surface area contributed by atoms with E-state index in [2.05, 4.69) is 9.88 Å². The first-order valence-corrected chi connectivity index (χ1v) is 5.82. The van der Waals surface area contributed by atoms with Gasteiger partial charge < -0.3 is 9.88 Å². The van der Waals surface area contributed by atoms with Gasteiger partial charge in [-0.25, -0.2) is 4.39 Å². The summed E-state index contributed by atoms with van der Waals surface area (Å²) in [5.74, 6) is -0.103. The largest absolute Gasteiger partial charge is 0.341 e. The van der Waals surface area contributed by atoms with Gasteiger partial charge in [-0.3, -0.25) is 0 Å². The molecule has 0 unspecified atom stereocenters. The van der Waals surface area contributed by atoms with Gasteiger partial charge in [-0.15, -0.1) is 12.4 Å². The van der Waals surface area contributed by atoms with Crippen LogP contribution in [0.5, 0.6) is 0 Å². The fourth-order valence-electron chi connectivity index (χ4n) is 2.55. The number of benzene rings is 1. The summed E-state index contributed by atoms with van der Waals surface area (Å²) in [5, 5.41) is 4.07. The average Bonchev–Trinajstić information content (AvgIpc) is 2.69. The van der Waals surface area contributed by atoms with Crippen molar-refractivity contribution in [2.75, 3.05) is 13.1 Å². The van der Waals surface area contributed by atoms with Crippen LogP contribution in [0.25, 0.3) is 10.9 Å². The Bertz CT molecular complexity index is 503. The summed E-state index contributed by atoms with van der Waals surface area (Å²) < 4.78 is 15.8. The molecular formula is C13H16ClFN2. The number of para-hydroxylation sites is 1. The molecule has 1 aliphatic rings. The molecule has 92 valence electrons. The highest BCUT2D eigenvalue weighted by Gasteiger charge is 2.18.